The van der Waals surface area contributed by atoms with Crippen LogP contribution in [0.25, 0.3) is 11.1 Å². The first-order chi connectivity index (χ1) is 9.43. The fourth-order valence-electron chi connectivity index (χ4n) is 1.59. The lowest BCUT2D eigenvalue weighted by Crippen LogP contribution is -2.05. The topological polar surface area (TPSA) is 79.6 Å². The molecule has 0 fully saturated rings. The molecule has 0 unspecified atom stereocenters. The molecule has 6 nitrogen and oxygen atoms in total. The number of rotatable bonds is 2. The second-order valence-electron chi connectivity index (χ2n) is 3.78. The molecule has 0 aliphatic carbocycles. The van der Waals surface area contributed by atoms with Crippen LogP contribution >= 0.6 is 11.6 Å². The molecule has 10 heteroatoms. The third-order valence-corrected chi connectivity index (χ3v) is 2.74. The lowest BCUT2D eigenvalue weighted by Gasteiger charge is -2.07. The van der Waals surface area contributed by atoms with Crippen molar-refractivity contribution < 1.29 is 17.6 Å². The highest BCUT2D eigenvalue weighted by molar-refractivity contribution is 6.32. The van der Waals surface area contributed by atoms with Crippen LogP contribution in [0.15, 0.2) is 22.9 Å². The number of benzene rings is 1. The third kappa shape index (κ3) is 2.27. The fourth-order valence-corrected chi connectivity index (χ4v) is 1.85. The number of halogens is 4. The lowest BCUT2D eigenvalue weighted by atomic mass is 10.2. The normalized spacial score (nSPS) is 12.0. The van der Waals surface area contributed by atoms with E-state index in [9.17, 15) is 13.2 Å². The average Bonchev–Trinajstić information content (AvgIpc) is 2.95. The summed E-state index contributed by atoms with van der Waals surface area (Å²) in [6, 6.07) is 1.87. The van der Waals surface area contributed by atoms with E-state index in [1.807, 2.05) is 0 Å². The predicted molar refractivity (Wildman–Crippen MR) is 63.7 cm³/mol. The summed E-state index contributed by atoms with van der Waals surface area (Å²) in [6.45, 7) is 0. The summed E-state index contributed by atoms with van der Waals surface area (Å²) in [7, 11) is 0. The van der Waals surface area contributed by atoms with E-state index in [0.29, 0.717) is 0 Å². The standard InChI is InChI=1S/C10H5ClF3N5O/c11-5-2-7-6(1-4(5)10(12,13)14)17-9(20-7)18-8-15-3-16-19-8/h1-3H,(H2,15,16,17,18,19). The minimum Gasteiger partial charge on any atom is -0.423 e. The van der Waals surface area contributed by atoms with Crippen LogP contribution in [-0.4, -0.2) is 20.2 Å². The Morgan fingerprint density at radius 3 is 2.75 bits per heavy atom. The van der Waals surface area contributed by atoms with Crippen molar-refractivity contribution in [2.24, 2.45) is 0 Å². The number of H-pyrrole nitrogens is 1. The monoisotopic (exact) mass is 303 g/mol. The van der Waals surface area contributed by atoms with Crippen LogP contribution in [0.1, 0.15) is 5.56 Å². The van der Waals surface area contributed by atoms with Gasteiger partial charge in [0.2, 0.25) is 5.95 Å². The van der Waals surface area contributed by atoms with E-state index in [2.05, 4.69) is 25.5 Å². The maximum atomic E-state index is 12.7. The molecule has 0 amide bonds. The summed E-state index contributed by atoms with van der Waals surface area (Å²) in [6.07, 6.45) is -3.23. The molecule has 0 atom stereocenters. The highest BCUT2D eigenvalue weighted by Gasteiger charge is 2.34. The second-order valence-corrected chi connectivity index (χ2v) is 4.19. The van der Waals surface area contributed by atoms with Gasteiger partial charge in [0.25, 0.3) is 0 Å². The molecule has 0 radical (unpaired) electrons. The molecule has 0 bridgehead atoms. The van der Waals surface area contributed by atoms with Crippen LogP contribution in [-0.2, 0) is 6.18 Å². The maximum Gasteiger partial charge on any atom is 0.417 e. The van der Waals surface area contributed by atoms with Crippen molar-refractivity contribution in [1.29, 1.82) is 0 Å². The van der Waals surface area contributed by atoms with Crippen LogP contribution in [0.2, 0.25) is 5.02 Å². The summed E-state index contributed by atoms with van der Waals surface area (Å²) >= 11 is 5.58. The van der Waals surface area contributed by atoms with E-state index < -0.39 is 16.8 Å². The van der Waals surface area contributed by atoms with Gasteiger partial charge in [0, 0.05) is 6.07 Å². The molecule has 104 valence electrons. The van der Waals surface area contributed by atoms with Gasteiger partial charge in [-0.25, -0.2) is 0 Å². The van der Waals surface area contributed by atoms with Crippen LogP contribution in [0.5, 0.6) is 0 Å². The van der Waals surface area contributed by atoms with Gasteiger partial charge in [-0.15, -0.1) is 10.2 Å². The molecule has 2 aromatic heterocycles. The molecule has 2 N–H and O–H groups in total. The van der Waals surface area contributed by atoms with E-state index in [1.165, 1.54) is 6.33 Å². The summed E-state index contributed by atoms with van der Waals surface area (Å²) in [5, 5.41) is 9.33. The Hall–Kier alpha value is -2.29. The molecule has 3 aromatic rings. The molecule has 0 aliphatic rings. The minimum absolute atomic E-state index is 0.0212. The van der Waals surface area contributed by atoms with Crippen molar-refractivity contribution in [3.8, 4) is 0 Å². The smallest absolute Gasteiger partial charge is 0.417 e. The molecule has 2 heterocycles. The van der Waals surface area contributed by atoms with E-state index in [-0.39, 0.29) is 23.1 Å². The fraction of sp³-hybridized carbons (Fsp3) is 0.100. The maximum absolute atomic E-state index is 12.7. The first kappa shape index (κ1) is 12.7. The molecule has 20 heavy (non-hydrogen) atoms. The molecule has 0 saturated heterocycles. The number of nitrogens with one attached hydrogen (secondary N) is 2. The summed E-state index contributed by atoms with van der Waals surface area (Å²) in [4.78, 5) is 6.52. The molecule has 0 aliphatic heterocycles. The third-order valence-electron chi connectivity index (χ3n) is 2.42. The molecular weight excluding hydrogens is 299 g/mol. The summed E-state index contributed by atoms with van der Waals surface area (Å²) in [5.41, 5.74) is -0.806. The zero-order valence-electron chi connectivity index (χ0n) is 9.49. The Labute approximate surface area is 114 Å². The van der Waals surface area contributed by atoms with E-state index in [1.54, 1.807) is 0 Å². The van der Waals surface area contributed by atoms with E-state index >= 15 is 0 Å². The van der Waals surface area contributed by atoms with Gasteiger partial charge in [-0.05, 0) is 6.07 Å². The van der Waals surface area contributed by atoms with E-state index in [4.69, 9.17) is 16.0 Å². The number of nitrogens with zero attached hydrogens (tertiary/aromatic N) is 3. The average molecular weight is 304 g/mol. The Morgan fingerprint density at radius 2 is 2.10 bits per heavy atom. The minimum atomic E-state index is -4.55. The number of anilines is 2. The Morgan fingerprint density at radius 1 is 1.30 bits per heavy atom. The molecule has 0 saturated carbocycles. The number of oxazole rings is 1. The Balaban J connectivity index is 2.03. The van der Waals surface area contributed by atoms with Crippen molar-refractivity contribution in [3.05, 3.63) is 29.0 Å². The summed E-state index contributed by atoms with van der Waals surface area (Å²) in [5.74, 6) is 0.249. The molecular formula is C10H5ClF3N5O. The summed E-state index contributed by atoms with van der Waals surface area (Å²) < 4.78 is 43.3. The predicted octanol–water partition coefficient (Wildman–Crippen LogP) is 3.36. The van der Waals surface area contributed by atoms with Crippen LogP contribution in [0.4, 0.5) is 25.1 Å². The highest BCUT2D eigenvalue weighted by atomic mass is 35.5. The van der Waals surface area contributed by atoms with Gasteiger partial charge in [-0.3, -0.25) is 5.32 Å². The van der Waals surface area contributed by atoms with Gasteiger partial charge in [-0.1, -0.05) is 11.6 Å². The van der Waals surface area contributed by atoms with Crippen LogP contribution in [0, 0.1) is 0 Å². The SMILES string of the molecule is FC(F)(F)c1cc2nc(Nc3nnc[nH]3)oc2cc1Cl. The largest absolute Gasteiger partial charge is 0.423 e. The lowest BCUT2D eigenvalue weighted by molar-refractivity contribution is -0.137. The van der Waals surface area contributed by atoms with E-state index in [0.717, 1.165) is 12.1 Å². The van der Waals surface area contributed by atoms with Gasteiger partial charge in [-0.2, -0.15) is 18.2 Å². The first-order valence-corrected chi connectivity index (χ1v) is 5.61. The van der Waals surface area contributed by atoms with Gasteiger partial charge < -0.3 is 9.40 Å². The highest BCUT2D eigenvalue weighted by Crippen LogP contribution is 2.37. The number of aromatic amines is 1. The second kappa shape index (κ2) is 4.37. The molecule has 0 spiro atoms. The number of hydrogen-bond acceptors (Lipinski definition) is 5. The van der Waals surface area contributed by atoms with Crippen molar-refractivity contribution in [2.45, 2.75) is 6.18 Å². The number of aromatic nitrogens is 4. The van der Waals surface area contributed by atoms with Crippen molar-refractivity contribution in [1.82, 2.24) is 20.2 Å². The van der Waals surface area contributed by atoms with Gasteiger partial charge in [0.1, 0.15) is 11.8 Å². The van der Waals surface area contributed by atoms with Gasteiger partial charge in [0.15, 0.2) is 5.58 Å². The quantitative estimate of drug-likeness (QED) is 0.759. The van der Waals surface area contributed by atoms with Gasteiger partial charge in [0.05, 0.1) is 10.6 Å². The zero-order chi connectivity index (χ0) is 14.3. The molecule has 3 rings (SSSR count). The van der Waals surface area contributed by atoms with Crippen LogP contribution < -0.4 is 5.32 Å². The Bertz CT molecular complexity index is 752. The van der Waals surface area contributed by atoms with Crippen LogP contribution in [0.3, 0.4) is 0 Å². The number of hydrogen-bond donors (Lipinski definition) is 2. The molecule has 1 aromatic carbocycles. The van der Waals surface area contributed by atoms with Crippen molar-refractivity contribution >= 4 is 34.7 Å². The van der Waals surface area contributed by atoms with Gasteiger partial charge >= 0.3 is 12.2 Å². The Kier molecular flexibility index (Phi) is 2.78. The number of fused-ring (bicyclic) bond motifs is 1. The zero-order valence-corrected chi connectivity index (χ0v) is 10.2. The van der Waals surface area contributed by atoms with Crippen molar-refractivity contribution in [2.75, 3.05) is 5.32 Å². The number of alkyl halides is 3. The first-order valence-electron chi connectivity index (χ1n) is 5.24. The van der Waals surface area contributed by atoms with Crippen molar-refractivity contribution in [3.63, 3.8) is 0 Å².